The van der Waals surface area contributed by atoms with Gasteiger partial charge in [-0.05, 0) is 42.8 Å². The number of methoxy groups -OCH3 is 1. The Morgan fingerprint density at radius 1 is 1.07 bits per heavy atom. The first-order valence-electron chi connectivity index (χ1n) is 8.41. The molecule has 0 radical (unpaired) electrons. The highest BCUT2D eigenvalue weighted by Gasteiger charge is 2.28. The third-order valence-corrected chi connectivity index (χ3v) is 3.85. The zero-order valence-corrected chi connectivity index (χ0v) is 15.4. The van der Waals surface area contributed by atoms with E-state index in [4.69, 9.17) is 4.74 Å². The fourth-order valence-corrected chi connectivity index (χ4v) is 2.44. The predicted molar refractivity (Wildman–Crippen MR) is 96.5 cm³/mol. The SMILES string of the molecule is COc1ccc(C(C)=O)cc1CC(=O)NCc1ccc(OCC(F)(F)F)cc1. The summed E-state index contributed by atoms with van der Waals surface area (Å²) in [6, 6.07) is 10.8. The van der Waals surface area contributed by atoms with Crippen molar-refractivity contribution in [2.45, 2.75) is 26.1 Å². The Kier molecular flexibility index (Phi) is 7.03. The van der Waals surface area contributed by atoms with Crippen molar-refractivity contribution in [2.75, 3.05) is 13.7 Å². The molecule has 0 unspecified atom stereocenters. The summed E-state index contributed by atoms with van der Waals surface area (Å²) < 4.78 is 46.2. The number of amides is 1. The number of hydrogen-bond acceptors (Lipinski definition) is 4. The molecule has 28 heavy (non-hydrogen) atoms. The van der Waals surface area contributed by atoms with Gasteiger partial charge in [0.1, 0.15) is 11.5 Å². The normalized spacial score (nSPS) is 11.0. The van der Waals surface area contributed by atoms with Gasteiger partial charge in [0.2, 0.25) is 5.91 Å². The summed E-state index contributed by atoms with van der Waals surface area (Å²) in [4.78, 5) is 23.7. The van der Waals surface area contributed by atoms with E-state index in [2.05, 4.69) is 10.1 Å². The molecule has 0 saturated heterocycles. The average molecular weight is 395 g/mol. The summed E-state index contributed by atoms with van der Waals surface area (Å²) in [6.07, 6.45) is -4.37. The van der Waals surface area contributed by atoms with Gasteiger partial charge in [0, 0.05) is 17.7 Å². The second kappa shape index (κ2) is 9.25. The smallest absolute Gasteiger partial charge is 0.422 e. The predicted octanol–water partition coefficient (Wildman–Crippen LogP) is 3.70. The van der Waals surface area contributed by atoms with Gasteiger partial charge in [-0.25, -0.2) is 0 Å². The first-order valence-corrected chi connectivity index (χ1v) is 8.41. The maximum absolute atomic E-state index is 12.2. The van der Waals surface area contributed by atoms with E-state index in [1.54, 1.807) is 30.3 Å². The lowest BCUT2D eigenvalue weighted by Gasteiger charge is -2.11. The molecule has 0 fully saturated rings. The number of ether oxygens (including phenoxy) is 2. The van der Waals surface area contributed by atoms with Gasteiger partial charge in [-0.15, -0.1) is 0 Å². The lowest BCUT2D eigenvalue weighted by molar-refractivity contribution is -0.153. The van der Waals surface area contributed by atoms with Crippen LogP contribution in [0.15, 0.2) is 42.5 Å². The van der Waals surface area contributed by atoms with Crippen LogP contribution in [-0.4, -0.2) is 31.6 Å². The lowest BCUT2D eigenvalue weighted by Crippen LogP contribution is -2.24. The Balaban J connectivity index is 1.92. The molecule has 1 amide bonds. The van der Waals surface area contributed by atoms with Crippen molar-refractivity contribution in [1.29, 1.82) is 0 Å². The number of carbonyl (C=O) groups excluding carboxylic acids is 2. The lowest BCUT2D eigenvalue weighted by atomic mass is 10.0. The molecule has 0 aliphatic rings. The van der Waals surface area contributed by atoms with Crippen molar-refractivity contribution >= 4 is 11.7 Å². The van der Waals surface area contributed by atoms with Gasteiger partial charge in [0.15, 0.2) is 12.4 Å². The number of halogens is 3. The number of benzene rings is 2. The molecule has 0 spiro atoms. The van der Waals surface area contributed by atoms with Gasteiger partial charge in [0.25, 0.3) is 0 Å². The van der Waals surface area contributed by atoms with Crippen LogP contribution in [-0.2, 0) is 17.8 Å². The van der Waals surface area contributed by atoms with Crippen molar-refractivity contribution in [3.63, 3.8) is 0 Å². The Labute approximate surface area is 160 Å². The van der Waals surface area contributed by atoms with E-state index in [-0.39, 0.29) is 30.4 Å². The third kappa shape index (κ3) is 6.61. The Morgan fingerprint density at radius 3 is 2.32 bits per heavy atom. The van der Waals surface area contributed by atoms with Crippen molar-refractivity contribution in [3.8, 4) is 11.5 Å². The first-order chi connectivity index (χ1) is 13.2. The topological polar surface area (TPSA) is 64.6 Å². The molecule has 150 valence electrons. The molecule has 0 heterocycles. The van der Waals surface area contributed by atoms with Crippen LogP contribution in [0, 0.1) is 0 Å². The molecule has 0 atom stereocenters. The number of rotatable bonds is 8. The van der Waals surface area contributed by atoms with Gasteiger partial charge < -0.3 is 14.8 Å². The molecular weight excluding hydrogens is 375 g/mol. The number of Topliss-reactive ketones (excluding diaryl/α,β-unsaturated/α-hetero) is 1. The Hall–Kier alpha value is -3.03. The van der Waals surface area contributed by atoms with Gasteiger partial charge >= 0.3 is 6.18 Å². The number of alkyl halides is 3. The maximum Gasteiger partial charge on any atom is 0.422 e. The van der Waals surface area contributed by atoms with Gasteiger partial charge in [-0.3, -0.25) is 9.59 Å². The van der Waals surface area contributed by atoms with Crippen LogP contribution in [0.25, 0.3) is 0 Å². The molecule has 0 bridgehead atoms. The highest BCUT2D eigenvalue weighted by molar-refractivity contribution is 5.94. The van der Waals surface area contributed by atoms with Gasteiger partial charge in [0.05, 0.1) is 13.5 Å². The molecule has 5 nitrogen and oxygen atoms in total. The molecule has 1 N–H and O–H groups in total. The van der Waals surface area contributed by atoms with Crippen LogP contribution in [0.1, 0.15) is 28.4 Å². The summed E-state index contributed by atoms with van der Waals surface area (Å²) >= 11 is 0. The number of ketones is 1. The molecule has 0 saturated carbocycles. The molecule has 0 aliphatic heterocycles. The highest BCUT2D eigenvalue weighted by Crippen LogP contribution is 2.21. The standard InChI is InChI=1S/C20H20F3NO4/c1-13(25)15-5-8-18(27-2)16(9-15)10-19(26)24-11-14-3-6-17(7-4-14)28-12-20(21,22)23/h3-9H,10-12H2,1-2H3,(H,24,26). The summed E-state index contributed by atoms with van der Waals surface area (Å²) in [5.41, 5.74) is 1.78. The van der Waals surface area contributed by atoms with Crippen molar-refractivity contribution < 1.29 is 32.2 Å². The molecular formula is C20H20F3NO4. The van der Waals surface area contributed by atoms with E-state index in [1.807, 2.05) is 0 Å². The van der Waals surface area contributed by atoms with Crippen LogP contribution in [0.2, 0.25) is 0 Å². The third-order valence-electron chi connectivity index (χ3n) is 3.85. The Morgan fingerprint density at radius 2 is 1.75 bits per heavy atom. The minimum absolute atomic E-state index is 0.0249. The van der Waals surface area contributed by atoms with Crippen LogP contribution in [0.5, 0.6) is 11.5 Å². The summed E-state index contributed by atoms with van der Waals surface area (Å²) in [5, 5.41) is 2.72. The number of nitrogens with one attached hydrogen (secondary N) is 1. The molecule has 8 heteroatoms. The van der Waals surface area contributed by atoms with Gasteiger partial charge in [-0.1, -0.05) is 12.1 Å². The Bertz CT molecular complexity index is 832. The minimum atomic E-state index is -4.40. The summed E-state index contributed by atoms with van der Waals surface area (Å²) in [5.74, 6) is 0.207. The average Bonchev–Trinajstić information content (AvgIpc) is 2.64. The van der Waals surface area contributed by atoms with E-state index in [0.29, 0.717) is 22.4 Å². The van der Waals surface area contributed by atoms with E-state index in [0.717, 1.165) is 0 Å². The molecule has 0 aliphatic carbocycles. The molecule has 2 rings (SSSR count). The molecule has 0 aromatic heterocycles. The fourth-order valence-electron chi connectivity index (χ4n) is 2.44. The molecule has 2 aromatic carbocycles. The van der Waals surface area contributed by atoms with Crippen molar-refractivity contribution in [1.82, 2.24) is 5.32 Å². The fraction of sp³-hybridized carbons (Fsp3) is 0.300. The summed E-state index contributed by atoms with van der Waals surface area (Å²) in [7, 11) is 1.48. The zero-order chi connectivity index (χ0) is 20.7. The maximum atomic E-state index is 12.2. The number of hydrogen-bond donors (Lipinski definition) is 1. The summed E-state index contributed by atoms with van der Waals surface area (Å²) in [6.45, 7) is 0.283. The zero-order valence-electron chi connectivity index (χ0n) is 15.4. The monoisotopic (exact) mass is 395 g/mol. The number of carbonyl (C=O) groups is 2. The molecule has 2 aromatic rings. The quantitative estimate of drug-likeness (QED) is 0.693. The minimum Gasteiger partial charge on any atom is -0.496 e. The largest absolute Gasteiger partial charge is 0.496 e. The second-order valence-corrected chi connectivity index (χ2v) is 6.08. The van der Waals surface area contributed by atoms with E-state index in [1.165, 1.54) is 26.2 Å². The van der Waals surface area contributed by atoms with E-state index >= 15 is 0 Å². The van der Waals surface area contributed by atoms with Crippen LogP contribution >= 0.6 is 0 Å². The van der Waals surface area contributed by atoms with Crippen molar-refractivity contribution in [2.24, 2.45) is 0 Å². The highest BCUT2D eigenvalue weighted by atomic mass is 19.4. The second-order valence-electron chi connectivity index (χ2n) is 6.08. The van der Waals surface area contributed by atoms with Crippen LogP contribution in [0.3, 0.4) is 0 Å². The van der Waals surface area contributed by atoms with Crippen LogP contribution in [0.4, 0.5) is 13.2 Å². The first kappa shape index (κ1) is 21.3. The van der Waals surface area contributed by atoms with Crippen LogP contribution < -0.4 is 14.8 Å². The van der Waals surface area contributed by atoms with E-state index in [9.17, 15) is 22.8 Å². The van der Waals surface area contributed by atoms with E-state index < -0.39 is 12.8 Å². The van der Waals surface area contributed by atoms with Crippen molar-refractivity contribution in [3.05, 3.63) is 59.2 Å². The van der Waals surface area contributed by atoms with Gasteiger partial charge in [-0.2, -0.15) is 13.2 Å².